The molecule has 0 aliphatic heterocycles. The number of benzene rings is 1. The van der Waals surface area contributed by atoms with Crippen LogP contribution in [-0.4, -0.2) is 18.6 Å². The Morgan fingerprint density at radius 1 is 1.59 bits per heavy atom. The van der Waals surface area contributed by atoms with Gasteiger partial charge in [0, 0.05) is 0 Å². The standard InChI is InChI=1S/C11H12ClFN2O2/c1-3-17-11(16)7(2)14-15-9-6-4-5-8(12)10(9)13/h4-7H,3H2,1-2H3. The molecule has 0 heterocycles. The van der Waals surface area contributed by atoms with Crippen LogP contribution >= 0.6 is 11.6 Å². The summed E-state index contributed by atoms with van der Waals surface area (Å²) in [7, 11) is 0. The van der Waals surface area contributed by atoms with Gasteiger partial charge >= 0.3 is 5.97 Å². The van der Waals surface area contributed by atoms with Crippen LogP contribution in [0.5, 0.6) is 0 Å². The van der Waals surface area contributed by atoms with Gasteiger partial charge in [-0.2, -0.15) is 10.2 Å². The molecule has 1 atom stereocenters. The minimum Gasteiger partial charge on any atom is -0.464 e. The monoisotopic (exact) mass is 258 g/mol. The first kappa shape index (κ1) is 13.6. The molecule has 0 radical (unpaired) electrons. The van der Waals surface area contributed by atoms with Crippen LogP contribution < -0.4 is 0 Å². The van der Waals surface area contributed by atoms with Gasteiger partial charge in [-0.3, -0.25) is 0 Å². The molecular formula is C11H12ClFN2O2. The van der Waals surface area contributed by atoms with Gasteiger partial charge in [-0.25, -0.2) is 9.18 Å². The molecule has 0 bridgehead atoms. The third-order valence-electron chi connectivity index (χ3n) is 1.90. The maximum Gasteiger partial charge on any atom is 0.332 e. The Balaban J connectivity index is 2.77. The number of ether oxygens (including phenoxy) is 1. The van der Waals surface area contributed by atoms with E-state index in [1.807, 2.05) is 0 Å². The Labute approximate surface area is 103 Å². The highest BCUT2D eigenvalue weighted by molar-refractivity contribution is 6.31. The summed E-state index contributed by atoms with van der Waals surface area (Å²) < 4.78 is 18.1. The van der Waals surface area contributed by atoms with E-state index in [2.05, 4.69) is 10.2 Å². The molecule has 1 aromatic carbocycles. The first-order chi connectivity index (χ1) is 8.06. The third-order valence-corrected chi connectivity index (χ3v) is 2.19. The zero-order valence-electron chi connectivity index (χ0n) is 9.48. The van der Waals surface area contributed by atoms with Crippen molar-refractivity contribution in [3.63, 3.8) is 0 Å². The minimum absolute atomic E-state index is 0.00588. The van der Waals surface area contributed by atoms with Gasteiger partial charge in [0.2, 0.25) is 0 Å². The second-order valence-electron chi connectivity index (χ2n) is 3.22. The van der Waals surface area contributed by atoms with Crippen LogP contribution in [0.25, 0.3) is 0 Å². The minimum atomic E-state index is -0.770. The Kier molecular flexibility index (Phi) is 5.03. The van der Waals surface area contributed by atoms with E-state index in [4.69, 9.17) is 16.3 Å². The zero-order valence-corrected chi connectivity index (χ0v) is 10.2. The maximum atomic E-state index is 13.4. The topological polar surface area (TPSA) is 51.0 Å². The highest BCUT2D eigenvalue weighted by atomic mass is 35.5. The van der Waals surface area contributed by atoms with E-state index in [-0.39, 0.29) is 17.3 Å². The van der Waals surface area contributed by atoms with Gasteiger partial charge in [0.15, 0.2) is 11.9 Å². The summed E-state index contributed by atoms with van der Waals surface area (Å²) in [6.07, 6.45) is 0. The van der Waals surface area contributed by atoms with Crippen molar-refractivity contribution in [1.82, 2.24) is 0 Å². The Morgan fingerprint density at radius 2 is 2.29 bits per heavy atom. The van der Waals surface area contributed by atoms with Crippen molar-refractivity contribution in [2.24, 2.45) is 10.2 Å². The number of nitrogens with zero attached hydrogens (tertiary/aromatic N) is 2. The first-order valence-electron chi connectivity index (χ1n) is 5.07. The van der Waals surface area contributed by atoms with Gasteiger partial charge in [-0.05, 0) is 26.0 Å². The van der Waals surface area contributed by atoms with Gasteiger partial charge in [0.05, 0.1) is 11.6 Å². The van der Waals surface area contributed by atoms with Gasteiger partial charge in [0.25, 0.3) is 0 Å². The predicted octanol–water partition coefficient (Wildman–Crippen LogP) is 3.51. The summed E-state index contributed by atoms with van der Waals surface area (Å²) in [5.74, 6) is -1.16. The molecular weight excluding hydrogens is 247 g/mol. The number of esters is 1. The summed E-state index contributed by atoms with van der Waals surface area (Å²) in [5.41, 5.74) is -0.00588. The molecule has 0 spiro atoms. The number of carbonyl (C=O) groups excluding carboxylic acids is 1. The van der Waals surface area contributed by atoms with Crippen molar-refractivity contribution in [1.29, 1.82) is 0 Å². The Hall–Kier alpha value is -1.49. The lowest BCUT2D eigenvalue weighted by Crippen LogP contribution is -2.17. The van der Waals surface area contributed by atoms with E-state index >= 15 is 0 Å². The normalized spacial score (nSPS) is 12.7. The molecule has 1 aromatic rings. The molecule has 0 aliphatic carbocycles. The van der Waals surface area contributed by atoms with Crippen molar-refractivity contribution in [2.75, 3.05) is 6.61 Å². The van der Waals surface area contributed by atoms with Crippen molar-refractivity contribution >= 4 is 23.3 Å². The fourth-order valence-corrected chi connectivity index (χ4v) is 1.20. The smallest absolute Gasteiger partial charge is 0.332 e. The lowest BCUT2D eigenvalue weighted by atomic mass is 10.3. The van der Waals surface area contributed by atoms with Crippen LogP contribution in [0.2, 0.25) is 5.02 Å². The summed E-state index contributed by atoms with van der Waals surface area (Å²) >= 11 is 5.57. The number of hydrogen-bond acceptors (Lipinski definition) is 4. The number of azo groups is 1. The van der Waals surface area contributed by atoms with E-state index in [0.29, 0.717) is 0 Å². The van der Waals surface area contributed by atoms with Crippen molar-refractivity contribution in [2.45, 2.75) is 19.9 Å². The van der Waals surface area contributed by atoms with Crippen LogP contribution in [0.1, 0.15) is 13.8 Å². The number of halogens is 2. The van der Waals surface area contributed by atoms with Crippen LogP contribution in [-0.2, 0) is 9.53 Å². The number of hydrogen-bond donors (Lipinski definition) is 0. The quantitative estimate of drug-likeness (QED) is 0.613. The molecule has 4 nitrogen and oxygen atoms in total. The molecule has 0 aliphatic rings. The lowest BCUT2D eigenvalue weighted by molar-refractivity contribution is -0.144. The van der Waals surface area contributed by atoms with Gasteiger partial charge < -0.3 is 4.74 Å². The van der Waals surface area contributed by atoms with E-state index in [1.165, 1.54) is 19.1 Å². The molecule has 17 heavy (non-hydrogen) atoms. The third kappa shape index (κ3) is 3.78. The molecule has 0 saturated heterocycles. The molecule has 92 valence electrons. The molecule has 1 unspecified atom stereocenters. The fraction of sp³-hybridized carbons (Fsp3) is 0.364. The molecule has 0 amide bonds. The molecule has 0 fully saturated rings. The van der Waals surface area contributed by atoms with Crippen LogP contribution in [0.3, 0.4) is 0 Å². The van der Waals surface area contributed by atoms with Crippen molar-refractivity contribution < 1.29 is 13.9 Å². The van der Waals surface area contributed by atoms with E-state index in [1.54, 1.807) is 13.0 Å². The largest absolute Gasteiger partial charge is 0.464 e. The Bertz CT molecular complexity index is 437. The number of rotatable bonds is 4. The van der Waals surface area contributed by atoms with Crippen LogP contribution in [0, 0.1) is 5.82 Å². The molecule has 0 aromatic heterocycles. The molecule has 0 N–H and O–H groups in total. The average molecular weight is 259 g/mol. The lowest BCUT2D eigenvalue weighted by Gasteiger charge is -2.04. The van der Waals surface area contributed by atoms with Gasteiger partial charge in [-0.15, -0.1) is 0 Å². The van der Waals surface area contributed by atoms with Crippen molar-refractivity contribution in [3.8, 4) is 0 Å². The highest BCUT2D eigenvalue weighted by Gasteiger charge is 2.13. The van der Waals surface area contributed by atoms with E-state index in [9.17, 15) is 9.18 Å². The van der Waals surface area contributed by atoms with Crippen LogP contribution in [0.4, 0.5) is 10.1 Å². The SMILES string of the molecule is CCOC(=O)C(C)N=Nc1cccc(Cl)c1F. The zero-order chi connectivity index (χ0) is 12.8. The summed E-state index contributed by atoms with van der Waals surface area (Å²) in [4.78, 5) is 11.2. The van der Waals surface area contributed by atoms with E-state index < -0.39 is 17.8 Å². The second-order valence-corrected chi connectivity index (χ2v) is 3.62. The van der Waals surface area contributed by atoms with E-state index in [0.717, 1.165) is 0 Å². The predicted molar refractivity (Wildman–Crippen MR) is 62.0 cm³/mol. The summed E-state index contributed by atoms with van der Waals surface area (Å²) in [5, 5.41) is 7.26. The fourth-order valence-electron chi connectivity index (χ4n) is 1.03. The molecule has 0 saturated carbocycles. The summed E-state index contributed by atoms with van der Waals surface area (Å²) in [6.45, 7) is 3.48. The van der Waals surface area contributed by atoms with Gasteiger partial charge in [0.1, 0.15) is 5.69 Å². The molecule has 6 heteroatoms. The number of carbonyl (C=O) groups is 1. The van der Waals surface area contributed by atoms with Crippen LogP contribution in [0.15, 0.2) is 28.4 Å². The maximum absolute atomic E-state index is 13.4. The Morgan fingerprint density at radius 3 is 2.94 bits per heavy atom. The van der Waals surface area contributed by atoms with Gasteiger partial charge in [-0.1, -0.05) is 17.7 Å². The average Bonchev–Trinajstić information content (AvgIpc) is 2.31. The summed E-state index contributed by atoms with van der Waals surface area (Å²) in [6, 6.07) is 3.61. The first-order valence-corrected chi connectivity index (χ1v) is 5.45. The second kappa shape index (κ2) is 6.30. The molecule has 1 rings (SSSR count). The van der Waals surface area contributed by atoms with Crippen molar-refractivity contribution in [3.05, 3.63) is 29.0 Å². The highest BCUT2D eigenvalue weighted by Crippen LogP contribution is 2.24.